The summed E-state index contributed by atoms with van der Waals surface area (Å²) >= 11 is 7.09. The van der Waals surface area contributed by atoms with Gasteiger partial charge in [0.15, 0.2) is 6.61 Å². The van der Waals surface area contributed by atoms with Gasteiger partial charge in [0, 0.05) is 16.8 Å². The van der Waals surface area contributed by atoms with E-state index in [2.05, 4.69) is 9.71 Å². The molecule has 1 N–H and O–H groups in total. The molecule has 0 unspecified atom stereocenters. The van der Waals surface area contributed by atoms with E-state index in [0.717, 1.165) is 16.5 Å². The van der Waals surface area contributed by atoms with Gasteiger partial charge in [-0.2, -0.15) is 0 Å². The molecule has 0 aliphatic heterocycles. The minimum atomic E-state index is -3.24. The van der Waals surface area contributed by atoms with Crippen LogP contribution < -0.4 is 4.72 Å². The molecule has 0 fully saturated rings. The first-order chi connectivity index (χ1) is 13.7. The molecule has 0 spiro atoms. The Hall–Kier alpha value is -2.33. The summed E-state index contributed by atoms with van der Waals surface area (Å²) in [6.45, 7) is -0.124. The maximum absolute atomic E-state index is 12.3. The van der Waals surface area contributed by atoms with Gasteiger partial charge in [0.05, 0.1) is 22.2 Å². The van der Waals surface area contributed by atoms with Crippen molar-refractivity contribution < 1.29 is 22.7 Å². The first kappa shape index (κ1) is 21.4. The zero-order chi connectivity index (χ0) is 21.0. The average Bonchev–Trinajstić information content (AvgIpc) is 3.13. The van der Waals surface area contributed by atoms with E-state index < -0.39 is 16.0 Å². The van der Waals surface area contributed by atoms with Crippen LogP contribution in [0.3, 0.4) is 0 Å². The maximum atomic E-state index is 12.3. The Kier molecular flexibility index (Phi) is 6.63. The summed E-state index contributed by atoms with van der Waals surface area (Å²) in [5, 5.41) is 1.10. The summed E-state index contributed by atoms with van der Waals surface area (Å²) in [4.78, 5) is 30.0. The average molecular weight is 453 g/mol. The van der Waals surface area contributed by atoms with Crippen LogP contribution in [0.2, 0.25) is 5.15 Å². The highest BCUT2D eigenvalue weighted by molar-refractivity contribution is 7.88. The molecule has 0 amide bonds. The molecule has 152 valence electrons. The summed E-state index contributed by atoms with van der Waals surface area (Å²) in [7, 11) is -3.24. The Morgan fingerprint density at radius 3 is 2.72 bits per heavy atom. The van der Waals surface area contributed by atoms with Crippen molar-refractivity contribution in [2.75, 3.05) is 19.4 Å². The van der Waals surface area contributed by atoms with E-state index in [4.69, 9.17) is 16.3 Å². The number of ether oxygens (including phenoxy) is 1. The van der Waals surface area contributed by atoms with E-state index in [1.165, 1.54) is 11.3 Å². The standard InChI is InChI=1S/C19H17ClN2O5S2/c1-29(25,26)21-9-8-14-4-6-17(28-14)16(23)11-27-19(24)13-2-5-15-12(10-13)3-7-18(20)22-15/h2-7,10,21H,8-9,11H2,1H3. The number of sulfonamides is 1. The highest BCUT2D eigenvalue weighted by Crippen LogP contribution is 2.19. The van der Waals surface area contributed by atoms with Crippen molar-refractivity contribution >= 4 is 55.6 Å². The zero-order valence-corrected chi connectivity index (χ0v) is 17.7. The number of benzene rings is 1. The van der Waals surface area contributed by atoms with Crippen molar-refractivity contribution in [3.8, 4) is 0 Å². The molecule has 0 atom stereocenters. The molecule has 2 heterocycles. The SMILES string of the molecule is CS(=O)(=O)NCCc1ccc(C(=O)COC(=O)c2ccc3nc(Cl)ccc3c2)s1. The third kappa shape index (κ3) is 6.07. The lowest BCUT2D eigenvalue weighted by Gasteiger charge is -2.05. The summed E-state index contributed by atoms with van der Waals surface area (Å²) in [5.41, 5.74) is 0.967. The Labute approximate surface area is 176 Å². The van der Waals surface area contributed by atoms with E-state index in [1.807, 2.05) is 0 Å². The number of nitrogens with zero attached hydrogens (tertiary/aromatic N) is 1. The number of pyridine rings is 1. The molecular formula is C19H17ClN2O5S2. The van der Waals surface area contributed by atoms with E-state index in [9.17, 15) is 18.0 Å². The Bertz CT molecular complexity index is 1170. The summed E-state index contributed by atoms with van der Waals surface area (Å²) in [6, 6.07) is 11.6. The number of esters is 1. The molecule has 0 saturated heterocycles. The molecule has 3 aromatic rings. The van der Waals surface area contributed by atoms with E-state index in [0.29, 0.717) is 27.5 Å². The van der Waals surface area contributed by atoms with Crippen LogP contribution in [0, 0.1) is 0 Å². The van der Waals surface area contributed by atoms with E-state index in [-0.39, 0.29) is 18.9 Å². The van der Waals surface area contributed by atoms with Gasteiger partial charge < -0.3 is 4.74 Å². The van der Waals surface area contributed by atoms with Crippen molar-refractivity contribution in [1.82, 2.24) is 9.71 Å². The second kappa shape index (κ2) is 9.00. The number of thiophene rings is 1. The number of hydrogen-bond donors (Lipinski definition) is 1. The van der Waals surface area contributed by atoms with Crippen LogP contribution >= 0.6 is 22.9 Å². The van der Waals surface area contributed by atoms with Crippen LogP contribution in [0.4, 0.5) is 0 Å². The van der Waals surface area contributed by atoms with E-state index >= 15 is 0 Å². The van der Waals surface area contributed by atoms with Crippen molar-refractivity contribution in [2.45, 2.75) is 6.42 Å². The highest BCUT2D eigenvalue weighted by atomic mass is 35.5. The Morgan fingerprint density at radius 2 is 1.97 bits per heavy atom. The molecule has 2 aromatic heterocycles. The number of aromatic nitrogens is 1. The van der Waals surface area contributed by atoms with Gasteiger partial charge in [0.25, 0.3) is 0 Å². The lowest BCUT2D eigenvalue weighted by atomic mass is 10.1. The van der Waals surface area contributed by atoms with Crippen molar-refractivity contribution in [2.24, 2.45) is 0 Å². The summed E-state index contributed by atoms with van der Waals surface area (Å²) < 4.78 is 29.7. The van der Waals surface area contributed by atoms with Gasteiger partial charge in [-0.1, -0.05) is 11.6 Å². The number of halogens is 1. The second-order valence-corrected chi connectivity index (χ2v) is 9.61. The molecule has 10 heteroatoms. The zero-order valence-electron chi connectivity index (χ0n) is 15.3. The number of carbonyl (C=O) groups is 2. The fraction of sp³-hybridized carbons (Fsp3) is 0.211. The van der Waals surface area contributed by atoms with Gasteiger partial charge in [0.1, 0.15) is 5.15 Å². The molecule has 0 bridgehead atoms. The molecule has 1 aromatic carbocycles. The Balaban J connectivity index is 1.56. The molecule has 0 radical (unpaired) electrons. The fourth-order valence-corrected chi connectivity index (χ4v) is 4.09. The first-order valence-electron chi connectivity index (χ1n) is 8.51. The van der Waals surface area contributed by atoms with Crippen LogP contribution in [0.1, 0.15) is 24.9 Å². The van der Waals surface area contributed by atoms with Gasteiger partial charge in [0.2, 0.25) is 15.8 Å². The van der Waals surface area contributed by atoms with Crippen LogP contribution in [0.5, 0.6) is 0 Å². The van der Waals surface area contributed by atoms with Crippen molar-refractivity contribution in [3.63, 3.8) is 0 Å². The van der Waals surface area contributed by atoms with Crippen molar-refractivity contribution in [3.05, 3.63) is 62.9 Å². The summed E-state index contributed by atoms with van der Waals surface area (Å²) in [5.74, 6) is -0.927. The Morgan fingerprint density at radius 1 is 1.17 bits per heavy atom. The monoisotopic (exact) mass is 452 g/mol. The minimum Gasteiger partial charge on any atom is -0.454 e. The molecule has 29 heavy (non-hydrogen) atoms. The largest absolute Gasteiger partial charge is 0.454 e. The third-order valence-electron chi connectivity index (χ3n) is 3.90. The molecule has 0 saturated carbocycles. The second-order valence-electron chi connectivity index (χ2n) is 6.22. The number of ketones is 1. The van der Waals surface area contributed by atoms with Crippen LogP contribution in [-0.4, -0.2) is 44.6 Å². The lowest BCUT2D eigenvalue weighted by molar-refractivity contribution is 0.0476. The minimum absolute atomic E-state index is 0.254. The topological polar surface area (TPSA) is 102 Å². The first-order valence-corrected chi connectivity index (χ1v) is 11.6. The lowest BCUT2D eigenvalue weighted by Crippen LogP contribution is -2.24. The number of Topliss-reactive ketones (excluding diaryl/α,β-unsaturated/α-hetero) is 1. The highest BCUT2D eigenvalue weighted by Gasteiger charge is 2.14. The van der Waals surface area contributed by atoms with Crippen LogP contribution in [-0.2, 0) is 21.2 Å². The fourth-order valence-electron chi connectivity index (χ4n) is 2.54. The predicted octanol–water partition coefficient (Wildman–Crippen LogP) is 3.08. The predicted molar refractivity (Wildman–Crippen MR) is 112 cm³/mol. The molecular weight excluding hydrogens is 436 g/mol. The number of rotatable bonds is 8. The third-order valence-corrected chi connectivity index (χ3v) is 6.02. The molecule has 0 aliphatic carbocycles. The molecule has 3 rings (SSSR count). The van der Waals surface area contributed by atoms with Crippen molar-refractivity contribution in [1.29, 1.82) is 0 Å². The van der Waals surface area contributed by atoms with Gasteiger partial charge in [-0.05, 0) is 48.9 Å². The normalized spacial score (nSPS) is 11.5. The number of fused-ring (bicyclic) bond motifs is 1. The van der Waals surface area contributed by atoms with Crippen LogP contribution in [0.25, 0.3) is 10.9 Å². The quantitative estimate of drug-likeness (QED) is 0.320. The summed E-state index contributed by atoms with van der Waals surface area (Å²) in [6.07, 6.45) is 1.56. The number of hydrogen-bond acceptors (Lipinski definition) is 7. The number of nitrogens with one attached hydrogen (secondary N) is 1. The van der Waals surface area contributed by atoms with Crippen LogP contribution in [0.15, 0.2) is 42.5 Å². The maximum Gasteiger partial charge on any atom is 0.338 e. The molecule has 0 aliphatic rings. The van der Waals surface area contributed by atoms with Gasteiger partial charge in [-0.25, -0.2) is 22.9 Å². The smallest absolute Gasteiger partial charge is 0.338 e. The number of carbonyl (C=O) groups excluding carboxylic acids is 2. The van der Waals surface area contributed by atoms with E-state index in [1.54, 1.807) is 42.5 Å². The van der Waals surface area contributed by atoms with Gasteiger partial charge in [-0.15, -0.1) is 11.3 Å². The van der Waals surface area contributed by atoms with Gasteiger partial charge in [-0.3, -0.25) is 4.79 Å². The van der Waals surface area contributed by atoms with Gasteiger partial charge >= 0.3 is 5.97 Å². The molecule has 7 nitrogen and oxygen atoms in total.